The third-order valence-corrected chi connectivity index (χ3v) is 9.12. The summed E-state index contributed by atoms with van der Waals surface area (Å²) in [6, 6.07) is 0. The molecule has 56 heavy (non-hydrogen) atoms. The van der Waals surface area contributed by atoms with Crippen molar-refractivity contribution in [3.63, 3.8) is 0 Å². The average Bonchev–Trinajstić information content (AvgIpc) is 3.17. The average molecular weight is 810 g/mol. The fourth-order valence-electron chi connectivity index (χ4n) is 4.97. The lowest BCUT2D eigenvalue weighted by atomic mass is 10.1. The number of esters is 2. The van der Waals surface area contributed by atoms with Crippen molar-refractivity contribution in [3.8, 4) is 0 Å². The standard InChI is InChI=1S/C43H72NO11P/c1-3-5-7-8-9-10-11-12-13-14-15-16-17-22-26-32-42(48)52-36-39(37-54-56(50,51)53-35-34-44)55-43(49)33-27-31-41(47)40(46)30-25-21-19-18-20-24-29-38(45)28-23-6-4-2/h5,7,9-10,12-13,18-21,24-25,29-30,38-41,45-47H,3-4,6,8,11,14-17,22-23,26-28,31-37,44H2,1-2H3,(H,50,51)/b7-5-,10-9-,13-12-,20-18-,21-19+,29-24+,30-25+/t38-,39+,40-,41-/m0/s1. The Balaban J connectivity index is 4.59. The Kier molecular flexibility index (Phi) is 35.7. The number of aliphatic hydroxyl groups is 3. The minimum Gasteiger partial charge on any atom is -0.462 e. The van der Waals surface area contributed by atoms with Crippen LogP contribution in [0.1, 0.15) is 123 Å². The lowest BCUT2D eigenvalue weighted by molar-refractivity contribution is -0.161. The zero-order valence-corrected chi connectivity index (χ0v) is 34.8. The van der Waals surface area contributed by atoms with Crippen LogP contribution in [-0.4, -0.2) is 82.9 Å². The van der Waals surface area contributed by atoms with E-state index in [1.807, 2.05) is 0 Å². The first-order valence-electron chi connectivity index (χ1n) is 20.4. The number of unbranched alkanes of at least 4 members (excludes halogenated alkanes) is 7. The van der Waals surface area contributed by atoms with E-state index in [4.69, 9.17) is 24.3 Å². The summed E-state index contributed by atoms with van der Waals surface area (Å²) in [4.78, 5) is 34.8. The third-order valence-electron chi connectivity index (χ3n) is 8.13. The highest BCUT2D eigenvalue weighted by Crippen LogP contribution is 2.43. The molecule has 0 fully saturated rings. The predicted octanol–water partition coefficient (Wildman–Crippen LogP) is 8.18. The van der Waals surface area contributed by atoms with Crippen molar-refractivity contribution in [2.45, 2.75) is 147 Å². The summed E-state index contributed by atoms with van der Waals surface area (Å²) in [6.45, 7) is 3.06. The molecule has 0 rings (SSSR count). The molecule has 0 radical (unpaired) electrons. The van der Waals surface area contributed by atoms with Gasteiger partial charge in [-0.15, -0.1) is 0 Å². The Morgan fingerprint density at radius 1 is 0.679 bits per heavy atom. The molecule has 13 heteroatoms. The normalized spacial score (nSPS) is 15.9. The van der Waals surface area contributed by atoms with Crippen LogP contribution in [-0.2, 0) is 32.7 Å². The fourth-order valence-corrected chi connectivity index (χ4v) is 5.74. The van der Waals surface area contributed by atoms with E-state index < -0.39 is 50.8 Å². The van der Waals surface area contributed by atoms with Gasteiger partial charge in [0, 0.05) is 19.4 Å². The van der Waals surface area contributed by atoms with Crippen molar-refractivity contribution in [2.24, 2.45) is 5.73 Å². The molecular weight excluding hydrogens is 737 g/mol. The smallest absolute Gasteiger partial charge is 0.462 e. The van der Waals surface area contributed by atoms with Gasteiger partial charge in [-0.2, -0.15) is 0 Å². The number of hydrogen-bond acceptors (Lipinski definition) is 11. The van der Waals surface area contributed by atoms with Crippen molar-refractivity contribution < 1.29 is 52.9 Å². The summed E-state index contributed by atoms with van der Waals surface area (Å²) in [5.74, 6) is -1.19. The lowest BCUT2D eigenvalue weighted by Crippen LogP contribution is -2.30. The van der Waals surface area contributed by atoms with Crippen LogP contribution >= 0.6 is 7.82 Å². The molecule has 320 valence electrons. The molecule has 0 saturated heterocycles. The van der Waals surface area contributed by atoms with E-state index in [2.05, 4.69) is 50.3 Å². The molecule has 0 bridgehead atoms. The minimum atomic E-state index is -4.48. The molecule has 0 saturated carbocycles. The number of carbonyl (C=O) groups is 2. The van der Waals surface area contributed by atoms with Crippen molar-refractivity contribution in [2.75, 3.05) is 26.4 Å². The van der Waals surface area contributed by atoms with Crippen LogP contribution < -0.4 is 5.73 Å². The van der Waals surface area contributed by atoms with Crippen LogP contribution in [0.15, 0.2) is 85.1 Å². The van der Waals surface area contributed by atoms with Crippen LogP contribution in [0.3, 0.4) is 0 Å². The van der Waals surface area contributed by atoms with E-state index in [1.165, 1.54) is 6.08 Å². The summed E-state index contributed by atoms with van der Waals surface area (Å²) >= 11 is 0. The van der Waals surface area contributed by atoms with E-state index in [0.717, 1.165) is 77.0 Å². The SMILES string of the molecule is CC/C=C\C/C=C\C/C=C\CCCCCCCC(=O)OC[C@H](COP(=O)(O)OCCN)OC(=O)CCC[C@H](O)[C@@H](O)/C=C/C=C/C=C\C=C\[C@@H](O)CCCCC. The van der Waals surface area contributed by atoms with Crippen molar-refractivity contribution in [3.05, 3.63) is 85.1 Å². The molecule has 0 aliphatic rings. The Labute approximate surface area is 336 Å². The number of aliphatic hydroxyl groups excluding tert-OH is 3. The highest BCUT2D eigenvalue weighted by molar-refractivity contribution is 7.47. The summed E-state index contributed by atoms with van der Waals surface area (Å²) in [5.41, 5.74) is 5.31. The van der Waals surface area contributed by atoms with Crippen molar-refractivity contribution in [1.82, 2.24) is 0 Å². The highest BCUT2D eigenvalue weighted by Gasteiger charge is 2.26. The van der Waals surface area contributed by atoms with Gasteiger partial charge in [0.2, 0.25) is 0 Å². The highest BCUT2D eigenvalue weighted by atomic mass is 31.2. The van der Waals surface area contributed by atoms with Gasteiger partial charge < -0.3 is 35.4 Å². The minimum absolute atomic E-state index is 0.00950. The maximum absolute atomic E-state index is 12.6. The molecule has 0 heterocycles. The number of phosphoric acid groups is 1. The Bertz CT molecular complexity index is 1240. The molecule has 0 aromatic carbocycles. The summed E-state index contributed by atoms with van der Waals surface area (Å²) in [6.07, 6.45) is 35.5. The van der Waals surface area contributed by atoms with Gasteiger partial charge >= 0.3 is 19.8 Å². The number of allylic oxidation sites excluding steroid dienone is 12. The molecule has 6 N–H and O–H groups in total. The van der Waals surface area contributed by atoms with Crippen LogP contribution in [0, 0.1) is 0 Å². The predicted molar refractivity (Wildman–Crippen MR) is 223 cm³/mol. The van der Waals surface area contributed by atoms with Crippen molar-refractivity contribution in [1.29, 1.82) is 0 Å². The molecule has 0 amide bonds. The van der Waals surface area contributed by atoms with Gasteiger partial charge in [0.15, 0.2) is 6.10 Å². The molecule has 0 aromatic heterocycles. The first kappa shape index (κ1) is 53.1. The maximum Gasteiger partial charge on any atom is 0.472 e. The van der Waals surface area contributed by atoms with Crippen LogP contribution in [0.2, 0.25) is 0 Å². The van der Waals surface area contributed by atoms with Crippen LogP contribution in [0.4, 0.5) is 0 Å². The zero-order valence-electron chi connectivity index (χ0n) is 33.9. The second kappa shape index (κ2) is 37.6. The third kappa shape index (κ3) is 35.5. The first-order chi connectivity index (χ1) is 27.0. The van der Waals surface area contributed by atoms with Crippen LogP contribution in [0.25, 0.3) is 0 Å². The second-order valence-corrected chi connectivity index (χ2v) is 14.8. The van der Waals surface area contributed by atoms with E-state index in [9.17, 15) is 34.4 Å². The molecular formula is C43H72NO11P. The molecule has 0 aromatic rings. The molecule has 0 spiro atoms. The number of carbonyl (C=O) groups excluding carboxylic acids is 2. The quantitative estimate of drug-likeness (QED) is 0.0134. The molecule has 0 aliphatic heterocycles. The Hall–Kier alpha value is -2.93. The number of phosphoric ester groups is 1. The maximum atomic E-state index is 12.6. The topological polar surface area (TPSA) is 195 Å². The largest absolute Gasteiger partial charge is 0.472 e. The van der Waals surface area contributed by atoms with Crippen molar-refractivity contribution >= 4 is 19.8 Å². The number of rotatable bonds is 36. The molecule has 12 nitrogen and oxygen atoms in total. The Morgan fingerprint density at radius 3 is 2.00 bits per heavy atom. The van der Waals surface area contributed by atoms with E-state index >= 15 is 0 Å². The molecule has 1 unspecified atom stereocenters. The first-order valence-corrected chi connectivity index (χ1v) is 21.9. The summed E-state index contributed by atoms with van der Waals surface area (Å²) < 4.78 is 32.4. The fraction of sp³-hybridized carbons (Fsp3) is 0.628. The van der Waals surface area contributed by atoms with E-state index in [1.54, 1.807) is 42.5 Å². The van der Waals surface area contributed by atoms with E-state index in [0.29, 0.717) is 6.42 Å². The van der Waals surface area contributed by atoms with Gasteiger partial charge in [-0.05, 0) is 57.8 Å². The van der Waals surface area contributed by atoms with Gasteiger partial charge in [0.25, 0.3) is 0 Å². The number of ether oxygens (including phenoxy) is 2. The summed E-state index contributed by atoms with van der Waals surface area (Å²) in [7, 11) is -4.48. The van der Waals surface area contributed by atoms with Gasteiger partial charge in [-0.1, -0.05) is 137 Å². The zero-order chi connectivity index (χ0) is 41.5. The van der Waals surface area contributed by atoms with Gasteiger partial charge in [-0.25, -0.2) is 4.57 Å². The molecule has 0 aliphatic carbocycles. The van der Waals surface area contributed by atoms with Gasteiger partial charge in [-0.3, -0.25) is 18.6 Å². The number of hydrogen-bond donors (Lipinski definition) is 5. The summed E-state index contributed by atoms with van der Waals surface area (Å²) in [5, 5.41) is 30.4. The van der Waals surface area contributed by atoms with Gasteiger partial charge in [0.05, 0.1) is 31.5 Å². The Morgan fingerprint density at radius 2 is 1.30 bits per heavy atom. The lowest BCUT2D eigenvalue weighted by Gasteiger charge is -2.20. The number of nitrogens with two attached hydrogens (primary N) is 1. The second-order valence-electron chi connectivity index (χ2n) is 13.3. The van der Waals surface area contributed by atoms with Crippen LogP contribution in [0.5, 0.6) is 0 Å². The monoisotopic (exact) mass is 809 g/mol. The van der Waals surface area contributed by atoms with E-state index in [-0.39, 0.29) is 45.4 Å². The van der Waals surface area contributed by atoms with Gasteiger partial charge in [0.1, 0.15) is 6.61 Å². The molecule has 5 atom stereocenters.